The minimum Gasteiger partial charge on any atom is -0.478 e. The lowest BCUT2D eigenvalue weighted by atomic mass is 10.2. The molecule has 6 heteroatoms. The molecular formula is C14H10FN3O2. The number of aromatic carboxylic acids is 1. The van der Waals surface area contributed by atoms with Crippen LogP contribution in [0.15, 0.2) is 36.7 Å². The molecule has 2 heterocycles. The highest BCUT2D eigenvalue weighted by Gasteiger charge is 2.14. The number of aromatic nitrogens is 3. The van der Waals surface area contributed by atoms with E-state index in [-0.39, 0.29) is 5.56 Å². The number of carbonyl (C=O) groups is 1. The maximum atomic E-state index is 13.6. The fourth-order valence-electron chi connectivity index (χ4n) is 2.03. The van der Waals surface area contributed by atoms with Gasteiger partial charge < -0.3 is 10.1 Å². The van der Waals surface area contributed by atoms with Crippen molar-refractivity contribution >= 4 is 17.0 Å². The Morgan fingerprint density at radius 2 is 2.25 bits per heavy atom. The monoisotopic (exact) mass is 271 g/mol. The van der Waals surface area contributed by atoms with Gasteiger partial charge in [0.15, 0.2) is 0 Å². The second kappa shape index (κ2) is 4.73. The average Bonchev–Trinajstić information content (AvgIpc) is 2.79. The topological polar surface area (TPSA) is 78.9 Å². The Hall–Kier alpha value is -2.76. The van der Waals surface area contributed by atoms with Crippen molar-refractivity contribution in [1.82, 2.24) is 15.0 Å². The summed E-state index contributed by atoms with van der Waals surface area (Å²) in [5.41, 5.74) is 1.50. The molecule has 100 valence electrons. The van der Waals surface area contributed by atoms with Gasteiger partial charge in [-0.05, 0) is 17.7 Å². The van der Waals surface area contributed by atoms with Gasteiger partial charge in [-0.1, -0.05) is 6.07 Å². The van der Waals surface area contributed by atoms with Crippen LogP contribution in [0, 0.1) is 5.82 Å². The molecule has 0 amide bonds. The third-order valence-electron chi connectivity index (χ3n) is 2.94. The van der Waals surface area contributed by atoms with Crippen LogP contribution >= 0.6 is 0 Å². The molecule has 0 radical (unpaired) electrons. The maximum absolute atomic E-state index is 13.6. The number of pyridine rings is 1. The smallest absolute Gasteiger partial charge is 0.338 e. The minimum atomic E-state index is -1.30. The molecule has 0 spiro atoms. The summed E-state index contributed by atoms with van der Waals surface area (Å²) in [5, 5.41) is 8.88. The van der Waals surface area contributed by atoms with Gasteiger partial charge in [0, 0.05) is 24.9 Å². The first-order valence-electron chi connectivity index (χ1n) is 5.94. The van der Waals surface area contributed by atoms with Crippen LogP contribution in [0.2, 0.25) is 0 Å². The highest BCUT2D eigenvalue weighted by molar-refractivity contribution is 5.92. The number of nitrogens with one attached hydrogen (secondary N) is 1. The number of carboxylic acids is 1. The third-order valence-corrected chi connectivity index (χ3v) is 2.94. The standard InChI is InChI=1S/C14H10FN3O2/c15-10-6-12-11(5-9(10)14(19)20)17-13(18-12)4-8-2-1-3-16-7-8/h1-3,5-7H,4H2,(H,17,18)(H,19,20). The number of halogens is 1. The van der Waals surface area contributed by atoms with Gasteiger partial charge in [0.05, 0.1) is 16.6 Å². The highest BCUT2D eigenvalue weighted by Crippen LogP contribution is 2.18. The quantitative estimate of drug-likeness (QED) is 0.766. The molecule has 5 nitrogen and oxygen atoms in total. The molecule has 0 saturated heterocycles. The van der Waals surface area contributed by atoms with Gasteiger partial charge in [0.25, 0.3) is 0 Å². The van der Waals surface area contributed by atoms with Crippen LogP contribution in [-0.2, 0) is 6.42 Å². The molecule has 0 aliphatic rings. The SMILES string of the molecule is O=C(O)c1cc2nc(Cc3cccnc3)[nH]c2cc1F. The molecule has 0 bridgehead atoms. The summed E-state index contributed by atoms with van der Waals surface area (Å²) < 4.78 is 13.6. The van der Waals surface area contributed by atoms with Crippen LogP contribution in [0.1, 0.15) is 21.7 Å². The fraction of sp³-hybridized carbons (Fsp3) is 0.0714. The van der Waals surface area contributed by atoms with E-state index in [0.717, 1.165) is 11.6 Å². The van der Waals surface area contributed by atoms with Gasteiger partial charge in [-0.15, -0.1) is 0 Å². The molecule has 3 rings (SSSR count). The molecule has 3 aromatic rings. The summed E-state index contributed by atoms with van der Waals surface area (Å²) in [6, 6.07) is 6.11. The minimum absolute atomic E-state index is 0.378. The molecule has 1 aromatic carbocycles. The number of imidazole rings is 1. The Kier molecular flexibility index (Phi) is 2.90. The van der Waals surface area contributed by atoms with Crippen LogP contribution in [0.5, 0.6) is 0 Å². The number of aromatic amines is 1. The molecule has 2 aromatic heterocycles. The summed E-state index contributed by atoms with van der Waals surface area (Å²) in [6.07, 6.45) is 3.92. The Labute approximate surface area is 113 Å². The summed E-state index contributed by atoms with van der Waals surface area (Å²) in [5.74, 6) is -1.45. The first-order valence-corrected chi connectivity index (χ1v) is 5.94. The van der Waals surface area contributed by atoms with Gasteiger partial charge in [-0.3, -0.25) is 4.98 Å². The van der Waals surface area contributed by atoms with Crippen LogP contribution in [0.4, 0.5) is 4.39 Å². The van der Waals surface area contributed by atoms with E-state index in [0.29, 0.717) is 23.3 Å². The van der Waals surface area contributed by atoms with Crippen molar-refractivity contribution in [2.45, 2.75) is 6.42 Å². The van der Waals surface area contributed by atoms with E-state index >= 15 is 0 Å². The summed E-state index contributed by atoms with van der Waals surface area (Å²) in [4.78, 5) is 22.1. The lowest BCUT2D eigenvalue weighted by Crippen LogP contribution is -1.99. The van der Waals surface area contributed by atoms with Crippen molar-refractivity contribution in [3.63, 3.8) is 0 Å². The zero-order valence-electron chi connectivity index (χ0n) is 10.3. The van der Waals surface area contributed by atoms with Crippen molar-refractivity contribution < 1.29 is 14.3 Å². The van der Waals surface area contributed by atoms with Crippen molar-refractivity contribution in [3.8, 4) is 0 Å². The molecule has 2 N–H and O–H groups in total. The van der Waals surface area contributed by atoms with E-state index in [4.69, 9.17) is 5.11 Å². The summed E-state index contributed by atoms with van der Waals surface area (Å²) >= 11 is 0. The molecule has 0 aliphatic carbocycles. The molecule has 0 unspecified atom stereocenters. The van der Waals surface area contributed by atoms with Gasteiger partial charge in [-0.2, -0.15) is 0 Å². The van der Waals surface area contributed by atoms with Crippen molar-refractivity contribution in [3.05, 3.63) is 59.4 Å². The molecule has 0 fully saturated rings. The number of benzene rings is 1. The van der Waals surface area contributed by atoms with E-state index in [1.54, 1.807) is 12.4 Å². The van der Waals surface area contributed by atoms with Crippen LogP contribution < -0.4 is 0 Å². The van der Waals surface area contributed by atoms with Gasteiger partial charge >= 0.3 is 5.97 Å². The zero-order valence-corrected chi connectivity index (χ0v) is 10.3. The van der Waals surface area contributed by atoms with Gasteiger partial charge in [0.2, 0.25) is 0 Å². The van der Waals surface area contributed by atoms with E-state index < -0.39 is 11.8 Å². The first kappa shape index (κ1) is 12.3. The van der Waals surface area contributed by atoms with Crippen LogP contribution in [0.25, 0.3) is 11.0 Å². The lowest BCUT2D eigenvalue weighted by Gasteiger charge is -1.96. The van der Waals surface area contributed by atoms with E-state index in [9.17, 15) is 9.18 Å². The third kappa shape index (κ3) is 2.23. The number of nitrogens with zero attached hydrogens (tertiary/aromatic N) is 2. The first-order chi connectivity index (χ1) is 9.63. The molecule has 0 aliphatic heterocycles. The van der Waals surface area contributed by atoms with Crippen molar-refractivity contribution in [1.29, 1.82) is 0 Å². The van der Waals surface area contributed by atoms with Gasteiger partial charge in [0.1, 0.15) is 11.6 Å². The predicted octanol–water partition coefficient (Wildman–Crippen LogP) is 2.39. The summed E-state index contributed by atoms with van der Waals surface area (Å²) in [7, 11) is 0. The molecule has 0 atom stereocenters. The predicted molar refractivity (Wildman–Crippen MR) is 70.1 cm³/mol. The number of hydrogen-bond acceptors (Lipinski definition) is 3. The maximum Gasteiger partial charge on any atom is 0.338 e. The van der Waals surface area contributed by atoms with E-state index in [2.05, 4.69) is 15.0 Å². The average molecular weight is 271 g/mol. The molecule has 0 saturated carbocycles. The van der Waals surface area contributed by atoms with Crippen molar-refractivity contribution in [2.24, 2.45) is 0 Å². The number of carboxylic acid groups (broad SMARTS) is 1. The number of rotatable bonds is 3. The van der Waals surface area contributed by atoms with Crippen LogP contribution in [-0.4, -0.2) is 26.0 Å². The number of hydrogen-bond donors (Lipinski definition) is 2. The number of H-pyrrole nitrogens is 1. The fourth-order valence-corrected chi connectivity index (χ4v) is 2.03. The second-order valence-electron chi connectivity index (χ2n) is 4.38. The molecular weight excluding hydrogens is 261 g/mol. The van der Waals surface area contributed by atoms with Crippen molar-refractivity contribution in [2.75, 3.05) is 0 Å². The van der Waals surface area contributed by atoms with E-state index in [1.807, 2.05) is 12.1 Å². The van der Waals surface area contributed by atoms with E-state index in [1.165, 1.54) is 6.07 Å². The van der Waals surface area contributed by atoms with Gasteiger partial charge in [-0.25, -0.2) is 14.2 Å². The number of fused-ring (bicyclic) bond motifs is 1. The highest BCUT2D eigenvalue weighted by atomic mass is 19.1. The van der Waals surface area contributed by atoms with Crippen LogP contribution in [0.3, 0.4) is 0 Å². The Morgan fingerprint density at radius 1 is 1.40 bits per heavy atom. The Morgan fingerprint density at radius 3 is 2.95 bits per heavy atom. The largest absolute Gasteiger partial charge is 0.478 e. The summed E-state index contributed by atoms with van der Waals surface area (Å²) in [6.45, 7) is 0. The normalized spacial score (nSPS) is 10.8. The molecule has 20 heavy (non-hydrogen) atoms. The zero-order chi connectivity index (χ0) is 14.1. The Balaban J connectivity index is 2.00. The Bertz CT molecular complexity index is 784. The lowest BCUT2D eigenvalue weighted by molar-refractivity contribution is 0.0692. The second-order valence-corrected chi connectivity index (χ2v) is 4.38.